The van der Waals surface area contributed by atoms with Gasteiger partial charge in [-0.2, -0.15) is 0 Å². The monoisotopic (exact) mass is 242 g/mol. The van der Waals surface area contributed by atoms with Crippen molar-refractivity contribution in [2.24, 2.45) is 11.5 Å². The molecule has 0 unspecified atom stereocenters. The number of carbonyl (C=O) groups is 2. The van der Waals surface area contributed by atoms with Crippen molar-refractivity contribution < 1.29 is 9.59 Å². The molecule has 0 saturated heterocycles. The van der Waals surface area contributed by atoms with E-state index in [1.807, 2.05) is 0 Å². The maximum atomic E-state index is 11.5. The molecule has 17 heavy (non-hydrogen) atoms. The van der Waals surface area contributed by atoms with E-state index in [4.69, 9.17) is 16.9 Å². The molecule has 0 aromatic heterocycles. The Morgan fingerprint density at radius 2 is 1.94 bits per heavy atom. The first-order valence-electron chi connectivity index (χ1n) is 5.79. The van der Waals surface area contributed by atoms with E-state index in [-0.39, 0.29) is 12.2 Å². The lowest BCUT2D eigenvalue weighted by Crippen LogP contribution is -2.32. The molecular weight excluding hydrogens is 220 g/mol. The van der Waals surface area contributed by atoms with Crippen LogP contribution < -0.4 is 16.8 Å². The zero-order valence-electron chi connectivity index (χ0n) is 10.3. The summed E-state index contributed by atoms with van der Waals surface area (Å²) in [4.78, 5) is 22.0. The van der Waals surface area contributed by atoms with Crippen molar-refractivity contribution in [3.8, 4) is 0 Å². The van der Waals surface area contributed by atoms with E-state index in [0.717, 1.165) is 6.42 Å². The van der Waals surface area contributed by atoms with Crippen molar-refractivity contribution in [2.45, 2.75) is 45.1 Å². The van der Waals surface area contributed by atoms with Crippen molar-refractivity contribution in [3.63, 3.8) is 0 Å². The lowest BCUT2D eigenvalue weighted by Gasteiger charge is -2.10. The summed E-state index contributed by atoms with van der Waals surface area (Å²) in [6.45, 7) is 2.31. The van der Waals surface area contributed by atoms with Gasteiger partial charge in [0.05, 0.1) is 11.9 Å². The smallest absolute Gasteiger partial charge is 0.217 e. The first-order chi connectivity index (χ1) is 7.93. The van der Waals surface area contributed by atoms with E-state index in [1.165, 1.54) is 0 Å². The van der Waals surface area contributed by atoms with Crippen LogP contribution in [0.4, 0.5) is 0 Å². The third-order valence-corrected chi connectivity index (χ3v) is 2.34. The largest absolute Gasteiger partial charge is 0.374 e. The van der Waals surface area contributed by atoms with E-state index >= 15 is 0 Å². The van der Waals surface area contributed by atoms with Crippen LogP contribution in [0.15, 0.2) is 0 Å². The predicted octanol–water partition coefficient (Wildman–Crippen LogP) is -0.0946. The minimum Gasteiger partial charge on any atom is -0.374 e. The Hall–Kier alpha value is -1.43. The summed E-state index contributed by atoms with van der Waals surface area (Å²) in [5.74, 6) is -0.0128. The van der Waals surface area contributed by atoms with Gasteiger partial charge in [0, 0.05) is 19.4 Å². The summed E-state index contributed by atoms with van der Waals surface area (Å²) >= 11 is 0. The van der Waals surface area contributed by atoms with Gasteiger partial charge in [-0.1, -0.05) is 0 Å². The number of Topliss-reactive ketones (excluding diaryl/α,β-unsaturated/α-hetero) is 1. The molecule has 0 fully saturated rings. The van der Waals surface area contributed by atoms with Gasteiger partial charge in [0.15, 0.2) is 0 Å². The topological polar surface area (TPSA) is 122 Å². The summed E-state index contributed by atoms with van der Waals surface area (Å²) < 4.78 is 0. The Labute approximate surface area is 102 Å². The fraction of sp³-hybridized carbons (Fsp3) is 0.727. The molecule has 6 N–H and O–H groups in total. The maximum absolute atomic E-state index is 11.5. The number of nitrogens with one attached hydrogen (secondary N) is 2. The first kappa shape index (κ1) is 15.6. The molecule has 0 bridgehead atoms. The second kappa shape index (κ2) is 8.69. The minimum atomic E-state index is -0.476. The quantitative estimate of drug-likeness (QED) is 0.256. The average molecular weight is 242 g/mol. The molecule has 0 aliphatic rings. The van der Waals surface area contributed by atoms with E-state index in [1.54, 1.807) is 6.92 Å². The van der Waals surface area contributed by atoms with E-state index < -0.39 is 11.9 Å². The van der Waals surface area contributed by atoms with Crippen LogP contribution in [-0.4, -0.2) is 30.1 Å². The Kier molecular flexibility index (Phi) is 7.96. The molecule has 98 valence electrons. The van der Waals surface area contributed by atoms with Gasteiger partial charge in [-0.05, 0) is 26.2 Å². The van der Waals surface area contributed by atoms with Crippen LogP contribution in [0, 0.1) is 5.41 Å². The molecule has 0 heterocycles. The predicted molar refractivity (Wildman–Crippen MR) is 66.7 cm³/mol. The summed E-state index contributed by atoms with van der Waals surface area (Å²) in [6.07, 6.45) is 2.35. The highest BCUT2D eigenvalue weighted by molar-refractivity contribution is 5.84. The van der Waals surface area contributed by atoms with Gasteiger partial charge in [0.2, 0.25) is 5.91 Å². The Morgan fingerprint density at radius 3 is 2.47 bits per heavy atom. The summed E-state index contributed by atoms with van der Waals surface area (Å²) in [6, 6.07) is -0.476. The summed E-state index contributed by atoms with van der Waals surface area (Å²) in [5, 5.41) is 10.00. The molecular formula is C11H22N4O2. The second-order valence-corrected chi connectivity index (χ2v) is 4.09. The number of amidine groups is 1. The minimum absolute atomic E-state index is 0.0298. The summed E-state index contributed by atoms with van der Waals surface area (Å²) in [5.41, 5.74) is 10.7. The standard InChI is InChI=1S/C11H22N4O2/c1-8(12)15-7-3-4-9(13)10(16)5-2-6-11(14)17/h9H,2-7,13H2,1H3,(H2,12,15)(H2,14,17)/t9-/m0/s1. The van der Waals surface area contributed by atoms with Crippen LogP contribution in [0.1, 0.15) is 39.0 Å². The zero-order chi connectivity index (χ0) is 13.3. The van der Waals surface area contributed by atoms with Crippen LogP contribution in [0.5, 0.6) is 0 Å². The molecule has 0 rings (SSSR count). The second-order valence-electron chi connectivity index (χ2n) is 4.09. The average Bonchev–Trinajstić information content (AvgIpc) is 2.23. The Bertz CT molecular complexity index is 279. The molecule has 0 spiro atoms. The Morgan fingerprint density at radius 1 is 1.29 bits per heavy atom. The third kappa shape index (κ3) is 9.50. The third-order valence-electron chi connectivity index (χ3n) is 2.34. The van der Waals surface area contributed by atoms with E-state index in [2.05, 4.69) is 5.32 Å². The number of rotatable bonds is 9. The summed E-state index contributed by atoms with van der Waals surface area (Å²) in [7, 11) is 0. The van der Waals surface area contributed by atoms with Crippen LogP contribution in [0.25, 0.3) is 0 Å². The van der Waals surface area contributed by atoms with Gasteiger partial charge < -0.3 is 16.8 Å². The highest BCUT2D eigenvalue weighted by Crippen LogP contribution is 2.02. The fourth-order valence-corrected chi connectivity index (χ4v) is 1.38. The molecule has 1 atom stereocenters. The van der Waals surface area contributed by atoms with Crippen LogP contribution in [-0.2, 0) is 9.59 Å². The number of primary amides is 1. The molecule has 0 aliphatic carbocycles. The van der Waals surface area contributed by atoms with Crippen molar-refractivity contribution in [1.29, 1.82) is 5.41 Å². The highest BCUT2D eigenvalue weighted by Gasteiger charge is 2.12. The number of hydrogen-bond acceptors (Lipinski definition) is 4. The zero-order valence-corrected chi connectivity index (χ0v) is 10.3. The lowest BCUT2D eigenvalue weighted by molar-refractivity contribution is -0.121. The van der Waals surface area contributed by atoms with Gasteiger partial charge in [0.1, 0.15) is 5.78 Å². The fourth-order valence-electron chi connectivity index (χ4n) is 1.38. The highest BCUT2D eigenvalue weighted by atomic mass is 16.1. The molecule has 6 nitrogen and oxygen atoms in total. The number of amides is 1. The van der Waals surface area contributed by atoms with Crippen molar-refractivity contribution in [3.05, 3.63) is 0 Å². The first-order valence-corrected chi connectivity index (χ1v) is 5.79. The van der Waals surface area contributed by atoms with Gasteiger partial charge in [-0.3, -0.25) is 15.0 Å². The molecule has 0 aromatic carbocycles. The van der Waals surface area contributed by atoms with Crippen molar-refractivity contribution in [1.82, 2.24) is 5.32 Å². The number of carbonyl (C=O) groups excluding carboxylic acids is 2. The molecule has 0 aromatic rings. The normalized spacial score (nSPS) is 11.9. The maximum Gasteiger partial charge on any atom is 0.217 e. The lowest BCUT2D eigenvalue weighted by atomic mass is 10.0. The van der Waals surface area contributed by atoms with Gasteiger partial charge in [-0.25, -0.2) is 0 Å². The molecule has 0 radical (unpaired) electrons. The molecule has 0 aliphatic heterocycles. The Balaban J connectivity index is 3.60. The van der Waals surface area contributed by atoms with Gasteiger partial charge in [0.25, 0.3) is 0 Å². The van der Waals surface area contributed by atoms with Crippen molar-refractivity contribution >= 4 is 17.5 Å². The van der Waals surface area contributed by atoms with E-state index in [9.17, 15) is 9.59 Å². The SMILES string of the molecule is CC(=N)NCCC[C@H](N)C(=O)CCCC(N)=O. The molecule has 1 amide bonds. The number of ketones is 1. The van der Waals surface area contributed by atoms with Crippen LogP contribution in [0.2, 0.25) is 0 Å². The van der Waals surface area contributed by atoms with E-state index in [0.29, 0.717) is 31.6 Å². The van der Waals surface area contributed by atoms with Crippen molar-refractivity contribution in [2.75, 3.05) is 6.54 Å². The number of nitrogens with two attached hydrogens (primary N) is 2. The van der Waals surface area contributed by atoms with Gasteiger partial charge in [-0.15, -0.1) is 0 Å². The molecule has 6 heteroatoms. The van der Waals surface area contributed by atoms with Crippen LogP contribution in [0.3, 0.4) is 0 Å². The number of hydrogen-bond donors (Lipinski definition) is 4. The molecule has 0 saturated carbocycles. The van der Waals surface area contributed by atoms with Gasteiger partial charge >= 0.3 is 0 Å². The van der Waals surface area contributed by atoms with Crippen LogP contribution >= 0.6 is 0 Å².